The van der Waals surface area contributed by atoms with Gasteiger partial charge in [-0.1, -0.05) is 15.9 Å². The highest BCUT2D eigenvalue weighted by molar-refractivity contribution is 9.10. The van der Waals surface area contributed by atoms with Crippen molar-refractivity contribution in [3.05, 3.63) is 38.3 Å². The molecule has 2 rings (SSSR count). The lowest BCUT2D eigenvalue weighted by Gasteiger charge is -2.23. The van der Waals surface area contributed by atoms with Gasteiger partial charge in [0.05, 0.1) is 16.4 Å². The summed E-state index contributed by atoms with van der Waals surface area (Å²) >= 11 is 3.30. The summed E-state index contributed by atoms with van der Waals surface area (Å²) in [7, 11) is -2.88. The molecule has 1 fully saturated rings. The Morgan fingerprint density at radius 1 is 1.35 bits per heavy atom. The van der Waals surface area contributed by atoms with Crippen molar-refractivity contribution in [2.24, 2.45) is 0 Å². The molecule has 1 aliphatic rings. The van der Waals surface area contributed by atoms with Crippen LogP contribution < -0.4 is 5.32 Å². The number of nitrogens with one attached hydrogen (secondary N) is 1. The van der Waals surface area contributed by atoms with Crippen molar-refractivity contribution in [1.82, 2.24) is 5.32 Å². The standard InChI is InChI=1S/C12H15BrN2O4S/c13-10-1-2-12(15(16)17)9(7-10)8-14-11-3-5-20(18,19)6-4-11/h1-2,7,11,14H,3-6,8H2. The van der Waals surface area contributed by atoms with Crippen molar-refractivity contribution in [2.45, 2.75) is 25.4 Å². The molecule has 110 valence electrons. The van der Waals surface area contributed by atoms with E-state index in [0.717, 1.165) is 4.47 Å². The number of hydrogen-bond donors (Lipinski definition) is 1. The zero-order valence-electron chi connectivity index (χ0n) is 10.7. The topological polar surface area (TPSA) is 89.3 Å². The molecule has 0 spiro atoms. The van der Waals surface area contributed by atoms with Crippen molar-refractivity contribution < 1.29 is 13.3 Å². The lowest BCUT2D eigenvalue weighted by Crippen LogP contribution is -2.37. The zero-order chi connectivity index (χ0) is 14.8. The van der Waals surface area contributed by atoms with Crippen LogP contribution in [0, 0.1) is 10.1 Å². The molecule has 0 atom stereocenters. The van der Waals surface area contributed by atoms with Gasteiger partial charge >= 0.3 is 0 Å². The Morgan fingerprint density at radius 3 is 2.60 bits per heavy atom. The average Bonchev–Trinajstić information content (AvgIpc) is 2.37. The summed E-state index contributed by atoms with van der Waals surface area (Å²) in [6.07, 6.45) is 1.12. The average molecular weight is 363 g/mol. The van der Waals surface area contributed by atoms with Crippen LogP contribution in [0.4, 0.5) is 5.69 Å². The third kappa shape index (κ3) is 4.00. The summed E-state index contributed by atoms with van der Waals surface area (Å²) in [6, 6.07) is 4.91. The van der Waals surface area contributed by atoms with Crippen LogP contribution in [0.3, 0.4) is 0 Å². The number of nitro benzene ring substituents is 1. The molecule has 1 N–H and O–H groups in total. The highest BCUT2D eigenvalue weighted by Crippen LogP contribution is 2.23. The SMILES string of the molecule is O=[N+]([O-])c1ccc(Br)cc1CNC1CCS(=O)(=O)CC1. The van der Waals surface area contributed by atoms with Crippen LogP contribution in [0.25, 0.3) is 0 Å². The highest BCUT2D eigenvalue weighted by Gasteiger charge is 2.24. The van der Waals surface area contributed by atoms with E-state index >= 15 is 0 Å². The lowest BCUT2D eigenvalue weighted by molar-refractivity contribution is -0.385. The number of benzene rings is 1. The Labute approximate surface area is 125 Å². The molecule has 0 aliphatic carbocycles. The maximum atomic E-state index is 11.3. The second-order valence-corrected chi connectivity index (χ2v) is 8.06. The van der Waals surface area contributed by atoms with E-state index < -0.39 is 14.8 Å². The molecule has 8 heteroatoms. The molecule has 1 aliphatic heterocycles. The van der Waals surface area contributed by atoms with Gasteiger partial charge in [0.25, 0.3) is 5.69 Å². The second-order valence-electron chi connectivity index (χ2n) is 4.84. The number of nitro groups is 1. The zero-order valence-corrected chi connectivity index (χ0v) is 13.1. The number of hydrogen-bond acceptors (Lipinski definition) is 5. The number of sulfone groups is 1. The van der Waals surface area contributed by atoms with Gasteiger partial charge in [0.15, 0.2) is 0 Å². The molecule has 1 aromatic rings. The van der Waals surface area contributed by atoms with Gasteiger partial charge < -0.3 is 5.32 Å². The molecule has 20 heavy (non-hydrogen) atoms. The fourth-order valence-corrected chi connectivity index (χ4v) is 4.12. The van der Waals surface area contributed by atoms with Crippen LogP contribution in [0.5, 0.6) is 0 Å². The number of rotatable bonds is 4. The minimum absolute atomic E-state index is 0.0733. The maximum absolute atomic E-state index is 11.3. The molecule has 0 radical (unpaired) electrons. The first-order chi connectivity index (χ1) is 9.37. The number of nitrogens with zero attached hydrogens (tertiary/aromatic N) is 1. The molecule has 1 aromatic carbocycles. The predicted molar refractivity (Wildman–Crippen MR) is 79.3 cm³/mol. The smallest absolute Gasteiger partial charge is 0.273 e. The minimum atomic E-state index is -2.88. The van der Waals surface area contributed by atoms with E-state index in [1.54, 1.807) is 12.1 Å². The van der Waals surface area contributed by atoms with E-state index in [4.69, 9.17) is 0 Å². The third-order valence-electron chi connectivity index (χ3n) is 3.37. The van der Waals surface area contributed by atoms with Gasteiger partial charge in [-0.05, 0) is 25.0 Å². The molecule has 0 aromatic heterocycles. The van der Waals surface area contributed by atoms with Crippen LogP contribution in [0.15, 0.2) is 22.7 Å². The van der Waals surface area contributed by atoms with Crippen molar-refractivity contribution in [1.29, 1.82) is 0 Å². The Kier molecular flexibility index (Phi) is 4.77. The molecule has 1 heterocycles. The molecule has 0 unspecified atom stereocenters. The van der Waals surface area contributed by atoms with Gasteiger partial charge in [0.2, 0.25) is 0 Å². The Hall–Kier alpha value is -0.990. The maximum Gasteiger partial charge on any atom is 0.273 e. The molecule has 0 bridgehead atoms. The van der Waals surface area contributed by atoms with E-state index in [2.05, 4.69) is 21.2 Å². The van der Waals surface area contributed by atoms with Crippen LogP contribution in [0.1, 0.15) is 18.4 Å². The van der Waals surface area contributed by atoms with Gasteiger partial charge in [-0.25, -0.2) is 8.42 Å². The molecular formula is C12H15BrN2O4S. The Balaban J connectivity index is 2.01. The minimum Gasteiger partial charge on any atom is -0.310 e. The Morgan fingerprint density at radius 2 is 2.00 bits per heavy atom. The highest BCUT2D eigenvalue weighted by atomic mass is 79.9. The van der Waals surface area contributed by atoms with Gasteiger partial charge in [-0.15, -0.1) is 0 Å². The van der Waals surface area contributed by atoms with E-state index in [-0.39, 0.29) is 23.2 Å². The summed E-state index contributed by atoms with van der Waals surface area (Å²) in [5.74, 6) is 0.372. The summed E-state index contributed by atoms with van der Waals surface area (Å²) in [5.41, 5.74) is 0.668. The van der Waals surface area contributed by atoms with Gasteiger partial charge in [-0.3, -0.25) is 10.1 Å². The first-order valence-electron chi connectivity index (χ1n) is 6.24. The second kappa shape index (κ2) is 6.19. The van der Waals surface area contributed by atoms with E-state index in [1.807, 2.05) is 0 Å². The van der Waals surface area contributed by atoms with E-state index in [1.165, 1.54) is 6.07 Å². The van der Waals surface area contributed by atoms with Crippen molar-refractivity contribution >= 4 is 31.5 Å². The molecule has 0 saturated carbocycles. The first-order valence-corrected chi connectivity index (χ1v) is 8.85. The quantitative estimate of drug-likeness (QED) is 0.653. The lowest BCUT2D eigenvalue weighted by atomic mass is 10.1. The summed E-state index contributed by atoms with van der Waals surface area (Å²) in [4.78, 5) is 10.5. The van der Waals surface area contributed by atoms with Crippen LogP contribution in [0.2, 0.25) is 0 Å². The Bertz CT molecular complexity index is 604. The normalized spacial score (nSPS) is 18.9. The molecule has 1 saturated heterocycles. The van der Waals surface area contributed by atoms with Crippen LogP contribution in [-0.4, -0.2) is 30.9 Å². The summed E-state index contributed by atoms with van der Waals surface area (Å²) in [6.45, 7) is 0.362. The van der Waals surface area contributed by atoms with Crippen LogP contribution in [-0.2, 0) is 16.4 Å². The summed E-state index contributed by atoms with van der Waals surface area (Å²) in [5, 5.41) is 14.2. The molecule has 0 amide bonds. The fraction of sp³-hybridized carbons (Fsp3) is 0.500. The summed E-state index contributed by atoms with van der Waals surface area (Å²) < 4.78 is 23.5. The van der Waals surface area contributed by atoms with E-state index in [0.29, 0.717) is 24.9 Å². The van der Waals surface area contributed by atoms with Crippen molar-refractivity contribution in [3.8, 4) is 0 Å². The number of halogens is 1. The fourth-order valence-electron chi connectivity index (χ4n) is 2.22. The van der Waals surface area contributed by atoms with Gasteiger partial charge in [-0.2, -0.15) is 0 Å². The van der Waals surface area contributed by atoms with Gasteiger partial charge in [0, 0.05) is 28.7 Å². The monoisotopic (exact) mass is 362 g/mol. The molecule has 6 nitrogen and oxygen atoms in total. The van der Waals surface area contributed by atoms with Crippen molar-refractivity contribution in [3.63, 3.8) is 0 Å². The van der Waals surface area contributed by atoms with Crippen LogP contribution >= 0.6 is 15.9 Å². The third-order valence-corrected chi connectivity index (χ3v) is 5.58. The largest absolute Gasteiger partial charge is 0.310 e. The van der Waals surface area contributed by atoms with Gasteiger partial charge in [0.1, 0.15) is 9.84 Å². The van der Waals surface area contributed by atoms with Crippen molar-refractivity contribution in [2.75, 3.05) is 11.5 Å². The molecular weight excluding hydrogens is 348 g/mol. The predicted octanol–water partition coefficient (Wildman–Crippen LogP) is 2.02. The van der Waals surface area contributed by atoms with E-state index in [9.17, 15) is 18.5 Å². The first kappa shape index (κ1) is 15.4.